The fraction of sp³-hybridized carbons (Fsp3) is 0.417. The van der Waals surface area contributed by atoms with Gasteiger partial charge in [-0.25, -0.2) is 8.42 Å². The Morgan fingerprint density at radius 2 is 1.89 bits per heavy atom. The van der Waals surface area contributed by atoms with Crippen molar-refractivity contribution in [2.75, 3.05) is 12.9 Å². The molecule has 1 aromatic carbocycles. The molecule has 0 radical (unpaired) electrons. The minimum atomic E-state index is -3.58. The number of aliphatic carboxylic acids is 1. The molecule has 0 aromatic heterocycles. The molecular formula is C12H13ClO5S. The van der Waals surface area contributed by atoms with E-state index in [2.05, 4.69) is 0 Å². The molecule has 104 valence electrons. The van der Waals surface area contributed by atoms with Crippen molar-refractivity contribution in [3.05, 3.63) is 34.9 Å². The zero-order valence-corrected chi connectivity index (χ0v) is 11.6. The number of aliphatic hydroxyl groups is 1. The molecular weight excluding hydrogens is 292 g/mol. The smallest absolute Gasteiger partial charge is 0.314 e. The summed E-state index contributed by atoms with van der Waals surface area (Å²) in [5, 5.41) is 18.0. The Labute approximate surface area is 115 Å². The van der Waals surface area contributed by atoms with Gasteiger partial charge in [-0.2, -0.15) is 0 Å². The molecule has 0 saturated heterocycles. The summed E-state index contributed by atoms with van der Waals surface area (Å²) in [5.74, 6) is -2.05. The third-order valence-electron chi connectivity index (χ3n) is 3.61. The third kappa shape index (κ3) is 2.13. The average molecular weight is 305 g/mol. The van der Waals surface area contributed by atoms with Crippen LogP contribution in [0.1, 0.15) is 11.5 Å². The summed E-state index contributed by atoms with van der Waals surface area (Å²) in [7, 11) is -3.58. The summed E-state index contributed by atoms with van der Waals surface area (Å²) < 4.78 is 23.4. The summed E-state index contributed by atoms with van der Waals surface area (Å²) in [6.45, 7) is -0.715. The van der Waals surface area contributed by atoms with Gasteiger partial charge in [-0.1, -0.05) is 23.7 Å². The Morgan fingerprint density at radius 3 is 2.21 bits per heavy atom. The predicted octanol–water partition coefficient (Wildman–Crippen LogP) is 0.914. The van der Waals surface area contributed by atoms with Gasteiger partial charge in [0.1, 0.15) is 5.41 Å². The second-order valence-electron chi connectivity index (χ2n) is 4.78. The van der Waals surface area contributed by atoms with Gasteiger partial charge >= 0.3 is 5.97 Å². The molecule has 0 spiro atoms. The van der Waals surface area contributed by atoms with Crippen LogP contribution in [0, 0.1) is 5.41 Å². The van der Waals surface area contributed by atoms with Crippen molar-refractivity contribution < 1.29 is 23.4 Å². The highest BCUT2D eigenvalue weighted by atomic mass is 35.5. The maximum absolute atomic E-state index is 11.7. The number of carbonyl (C=O) groups is 1. The highest BCUT2D eigenvalue weighted by molar-refractivity contribution is 7.91. The predicted molar refractivity (Wildman–Crippen MR) is 70.0 cm³/mol. The normalized spacial score (nSPS) is 30.1. The number of hydrogen-bond acceptors (Lipinski definition) is 4. The number of benzene rings is 1. The maximum Gasteiger partial charge on any atom is 0.314 e. The van der Waals surface area contributed by atoms with Gasteiger partial charge in [0.2, 0.25) is 0 Å². The van der Waals surface area contributed by atoms with Crippen molar-refractivity contribution in [2.45, 2.75) is 11.2 Å². The summed E-state index contributed by atoms with van der Waals surface area (Å²) >= 11 is 5.75. The van der Waals surface area contributed by atoms with E-state index in [0.717, 1.165) is 6.26 Å². The SMILES string of the molecule is CS(=O)(=O)[C@@H]1[C@H](c2ccc(Cl)cc2)[C@@]1(CO)C(=O)O. The van der Waals surface area contributed by atoms with E-state index >= 15 is 0 Å². The Balaban J connectivity index is 2.50. The van der Waals surface area contributed by atoms with Crippen LogP contribution < -0.4 is 0 Å². The number of carboxylic acids is 1. The topological polar surface area (TPSA) is 91.7 Å². The second-order valence-corrected chi connectivity index (χ2v) is 7.39. The number of hydrogen-bond donors (Lipinski definition) is 2. The molecule has 0 amide bonds. The molecule has 2 N–H and O–H groups in total. The van der Waals surface area contributed by atoms with E-state index in [1.54, 1.807) is 24.3 Å². The molecule has 1 aliphatic carbocycles. The molecule has 0 unspecified atom stereocenters. The summed E-state index contributed by atoms with van der Waals surface area (Å²) in [6.07, 6.45) is 0.987. The van der Waals surface area contributed by atoms with Gasteiger partial charge in [-0.3, -0.25) is 4.79 Å². The van der Waals surface area contributed by atoms with E-state index in [1.165, 1.54) is 0 Å². The highest BCUT2D eigenvalue weighted by Crippen LogP contribution is 2.62. The molecule has 5 nitrogen and oxygen atoms in total. The molecule has 0 bridgehead atoms. The van der Waals surface area contributed by atoms with Gasteiger partial charge in [-0.05, 0) is 17.7 Å². The first-order chi connectivity index (χ1) is 8.75. The lowest BCUT2D eigenvalue weighted by Gasteiger charge is -2.08. The number of sulfone groups is 1. The maximum atomic E-state index is 11.7. The Kier molecular flexibility index (Phi) is 3.36. The van der Waals surface area contributed by atoms with Crippen LogP contribution in [0.5, 0.6) is 0 Å². The van der Waals surface area contributed by atoms with Crippen LogP contribution in [-0.2, 0) is 14.6 Å². The van der Waals surface area contributed by atoms with Gasteiger partial charge in [0.15, 0.2) is 9.84 Å². The third-order valence-corrected chi connectivity index (χ3v) is 5.47. The van der Waals surface area contributed by atoms with Crippen molar-refractivity contribution in [3.63, 3.8) is 0 Å². The second kappa shape index (κ2) is 4.47. The lowest BCUT2D eigenvalue weighted by molar-refractivity contribution is -0.145. The molecule has 1 aromatic rings. The van der Waals surface area contributed by atoms with E-state index < -0.39 is 39.0 Å². The first kappa shape index (κ1) is 14.3. The van der Waals surface area contributed by atoms with E-state index in [1.807, 2.05) is 0 Å². The molecule has 2 rings (SSSR count). The molecule has 1 aliphatic rings. The highest BCUT2D eigenvalue weighted by Gasteiger charge is 2.74. The van der Waals surface area contributed by atoms with Gasteiger partial charge < -0.3 is 10.2 Å². The molecule has 3 atom stereocenters. The van der Waals surface area contributed by atoms with Gasteiger partial charge in [0.05, 0.1) is 11.9 Å². The molecule has 0 heterocycles. The van der Waals surface area contributed by atoms with Gasteiger partial charge in [-0.15, -0.1) is 0 Å². The largest absolute Gasteiger partial charge is 0.481 e. The minimum absolute atomic E-state index is 0.477. The van der Waals surface area contributed by atoms with E-state index in [-0.39, 0.29) is 0 Å². The van der Waals surface area contributed by atoms with Crippen molar-refractivity contribution in [1.82, 2.24) is 0 Å². The van der Waals surface area contributed by atoms with Crippen LogP contribution in [-0.4, -0.2) is 42.7 Å². The number of carboxylic acid groups (broad SMARTS) is 1. The zero-order chi connectivity index (χ0) is 14.4. The lowest BCUT2D eigenvalue weighted by atomic mass is 10.0. The number of aliphatic hydroxyl groups excluding tert-OH is 1. The van der Waals surface area contributed by atoms with Crippen LogP contribution in [0.3, 0.4) is 0 Å². The van der Waals surface area contributed by atoms with E-state index in [9.17, 15) is 23.4 Å². The quantitative estimate of drug-likeness (QED) is 0.863. The Bertz CT molecular complexity index is 610. The Morgan fingerprint density at radius 1 is 1.37 bits per heavy atom. The molecule has 1 fully saturated rings. The molecule has 7 heteroatoms. The van der Waals surface area contributed by atoms with Crippen LogP contribution in [0.15, 0.2) is 24.3 Å². The van der Waals surface area contributed by atoms with Crippen LogP contribution >= 0.6 is 11.6 Å². The van der Waals surface area contributed by atoms with E-state index in [0.29, 0.717) is 10.6 Å². The van der Waals surface area contributed by atoms with E-state index in [4.69, 9.17) is 11.6 Å². The van der Waals surface area contributed by atoms with Crippen molar-refractivity contribution in [2.24, 2.45) is 5.41 Å². The summed E-state index contributed by atoms with van der Waals surface area (Å²) in [4.78, 5) is 11.4. The van der Waals surface area contributed by atoms with Gasteiger partial charge in [0, 0.05) is 17.2 Å². The van der Waals surface area contributed by atoms with Crippen LogP contribution in [0.25, 0.3) is 0 Å². The summed E-state index contributed by atoms with van der Waals surface area (Å²) in [5.41, 5.74) is -1.10. The minimum Gasteiger partial charge on any atom is -0.481 e. The lowest BCUT2D eigenvalue weighted by Crippen LogP contribution is -2.27. The van der Waals surface area contributed by atoms with Crippen molar-refractivity contribution >= 4 is 27.4 Å². The number of halogens is 1. The average Bonchev–Trinajstić information content (AvgIpc) is 3.00. The van der Waals surface area contributed by atoms with Gasteiger partial charge in [0.25, 0.3) is 0 Å². The van der Waals surface area contributed by atoms with Crippen molar-refractivity contribution in [3.8, 4) is 0 Å². The molecule has 19 heavy (non-hydrogen) atoms. The van der Waals surface area contributed by atoms with Crippen LogP contribution in [0.2, 0.25) is 5.02 Å². The molecule has 1 saturated carbocycles. The number of rotatable bonds is 4. The zero-order valence-electron chi connectivity index (χ0n) is 10.1. The fourth-order valence-corrected chi connectivity index (χ4v) is 4.71. The van der Waals surface area contributed by atoms with Crippen LogP contribution in [0.4, 0.5) is 0 Å². The monoisotopic (exact) mass is 304 g/mol. The Hall–Kier alpha value is -1.11. The van der Waals surface area contributed by atoms with Crippen molar-refractivity contribution in [1.29, 1.82) is 0 Å². The fourth-order valence-electron chi connectivity index (χ4n) is 2.69. The standard InChI is InChI=1S/C12H13ClO5S/c1-19(17,18)10-9(12(10,6-14)11(15)16)7-2-4-8(13)5-3-7/h2-5,9-10,14H,6H2,1H3,(H,15,16)/t9-,10+,12+/m0/s1. The summed E-state index contributed by atoms with van der Waals surface area (Å²) in [6, 6.07) is 6.31. The first-order valence-corrected chi connectivity index (χ1v) is 7.87. The first-order valence-electron chi connectivity index (χ1n) is 5.53. The molecule has 0 aliphatic heterocycles.